The molecule has 0 atom stereocenters. The van der Waals surface area contributed by atoms with E-state index in [1.54, 1.807) is 0 Å². The van der Waals surface area contributed by atoms with Crippen molar-refractivity contribution >= 4 is 42.7 Å². The Labute approximate surface area is 197 Å². The second kappa shape index (κ2) is 13.4. The highest BCUT2D eigenvalue weighted by Gasteiger charge is 2.35. The first kappa shape index (κ1) is 27.9. The molecule has 11 heteroatoms. The number of hydrogen-bond acceptors (Lipinski definition) is 6. The molecular formula is C20H37Cl2N5O4. The molecule has 3 amide bonds. The number of nitrogens with zero attached hydrogens (tertiary/aromatic N) is 3. The molecule has 0 aromatic rings. The van der Waals surface area contributed by atoms with Crippen molar-refractivity contribution in [2.24, 2.45) is 0 Å². The Morgan fingerprint density at radius 2 is 1.55 bits per heavy atom. The number of amides is 3. The van der Waals surface area contributed by atoms with Gasteiger partial charge in [-0.05, 0) is 51.6 Å². The molecule has 3 fully saturated rings. The summed E-state index contributed by atoms with van der Waals surface area (Å²) in [6.45, 7) is 6.62. The van der Waals surface area contributed by atoms with E-state index in [0.717, 1.165) is 64.7 Å². The number of piperidine rings is 1. The number of urea groups is 1. The van der Waals surface area contributed by atoms with Gasteiger partial charge >= 0.3 is 12.0 Å². The summed E-state index contributed by atoms with van der Waals surface area (Å²) in [7, 11) is 0. The molecule has 1 saturated carbocycles. The van der Waals surface area contributed by atoms with Crippen molar-refractivity contribution in [3.05, 3.63) is 0 Å². The van der Waals surface area contributed by atoms with Crippen LogP contribution in [-0.2, 0) is 9.59 Å². The predicted octanol–water partition coefficient (Wildman–Crippen LogP) is 1.15. The van der Waals surface area contributed by atoms with Crippen LogP contribution in [0.1, 0.15) is 45.4 Å². The van der Waals surface area contributed by atoms with Gasteiger partial charge in [0.1, 0.15) is 0 Å². The number of piperazine rings is 1. The smallest absolute Gasteiger partial charge is 0.327 e. The Balaban J connectivity index is 0.00000240. The van der Waals surface area contributed by atoms with E-state index in [4.69, 9.17) is 5.11 Å². The van der Waals surface area contributed by atoms with Crippen LogP contribution >= 0.6 is 24.8 Å². The highest BCUT2D eigenvalue weighted by Crippen LogP contribution is 2.25. The Bertz CT molecular complexity index is 590. The number of rotatable bonds is 5. The minimum absolute atomic E-state index is 0. The second-order valence-electron chi connectivity index (χ2n) is 8.46. The lowest BCUT2D eigenvalue weighted by Crippen LogP contribution is -2.58. The van der Waals surface area contributed by atoms with Crippen molar-refractivity contribution in [1.82, 2.24) is 25.3 Å². The van der Waals surface area contributed by atoms with Crippen LogP contribution in [0, 0.1) is 0 Å². The molecule has 0 radical (unpaired) electrons. The quantitative estimate of drug-likeness (QED) is 0.540. The largest absolute Gasteiger partial charge is 0.480 e. The van der Waals surface area contributed by atoms with Gasteiger partial charge in [0.05, 0.1) is 6.54 Å². The molecule has 2 saturated heterocycles. The molecular weight excluding hydrogens is 445 g/mol. The molecule has 2 aliphatic heterocycles. The van der Waals surface area contributed by atoms with E-state index in [9.17, 15) is 14.4 Å². The van der Waals surface area contributed by atoms with Gasteiger partial charge in [-0.1, -0.05) is 0 Å². The standard InChI is InChI=1S/C20H35N5O4.2ClH/c1-15(26)25(18-4-2-16(3-5-18)22-14-19(27)28)20(29)24-12-10-23(11-13-24)17-6-8-21-9-7-17;;/h16-18,21-22H,2-14H2,1H3,(H,27,28);2*1H. The monoisotopic (exact) mass is 481 g/mol. The molecule has 31 heavy (non-hydrogen) atoms. The Morgan fingerprint density at radius 1 is 0.968 bits per heavy atom. The maximum absolute atomic E-state index is 13.1. The van der Waals surface area contributed by atoms with Crippen LogP contribution in [-0.4, -0.2) is 102 Å². The fourth-order valence-electron chi connectivity index (χ4n) is 4.92. The van der Waals surface area contributed by atoms with Crippen molar-refractivity contribution in [2.75, 3.05) is 45.8 Å². The molecule has 2 heterocycles. The van der Waals surface area contributed by atoms with Gasteiger partial charge < -0.3 is 20.6 Å². The molecule has 0 spiro atoms. The zero-order valence-corrected chi connectivity index (χ0v) is 19.9. The van der Waals surface area contributed by atoms with Gasteiger partial charge in [-0.2, -0.15) is 0 Å². The number of imide groups is 1. The van der Waals surface area contributed by atoms with Gasteiger partial charge in [0.15, 0.2) is 0 Å². The summed E-state index contributed by atoms with van der Waals surface area (Å²) in [6, 6.07) is 0.487. The van der Waals surface area contributed by atoms with Crippen LogP contribution in [0.3, 0.4) is 0 Å². The minimum Gasteiger partial charge on any atom is -0.480 e. The van der Waals surface area contributed by atoms with E-state index < -0.39 is 5.97 Å². The summed E-state index contributed by atoms with van der Waals surface area (Å²) in [6.07, 6.45) is 5.31. The normalized spacial score (nSPS) is 25.1. The third-order valence-corrected chi connectivity index (χ3v) is 6.56. The number of halogens is 2. The number of carbonyl (C=O) groups is 3. The summed E-state index contributed by atoms with van der Waals surface area (Å²) in [5.74, 6) is -1.06. The Morgan fingerprint density at radius 3 is 2.06 bits per heavy atom. The summed E-state index contributed by atoms with van der Waals surface area (Å²) >= 11 is 0. The summed E-state index contributed by atoms with van der Waals surface area (Å²) < 4.78 is 0. The minimum atomic E-state index is -0.865. The lowest BCUT2D eigenvalue weighted by molar-refractivity contribution is -0.136. The first-order chi connectivity index (χ1) is 14.0. The van der Waals surface area contributed by atoms with Crippen LogP contribution < -0.4 is 10.6 Å². The fourth-order valence-corrected chi connectivity index (χ4v) is 4.92. The van der Waals surface area contributed by atoms with Crippen LogP contribution in [0.15, 0.2) is 0 Å². The highest BCUT2D eigenvalue weighted by molar-refractivity contribution is 5.93. The van der Waals surface area contributed by atoms with E-state index in [0.29, 0.717) is 19.1 Å². The lowest BCUT2D eigenvalue weighted by atomic mass is 9.90. The SMILES string of the molecule is CC(=O)N(C(=O)N1CCN(C2CCNCC2)CC1)C1CCC(NCC(=O)O)CC1.Cl.Cl. The van der Waals surface area contributed by atoms with E-state index in [-0.39, 0.29) is 55.4 Å². The Kier molecular flexibility index (Phi) is 12.1. The fraction of sp³-hybridized carbons (Fsp3) is 0.850. The summed E-state index contributed by atoms with van der Waals surface area (Å²) in [5.41, 5.74) is 0. The van der Waals surface area contributed by atoms with Gasteiger partial charge in [-0.25, -0.2) is 4.79 Å². The lowest BCUT2D eigenvalue weighted by Gasteiger charge is -2.43. The van der Waals surface area contributed by atoms with E-state index in [1.807, 2.05) is 4.90 Å². The number of hydrogen-bond donors (Lipinski definition) is 3. The number of nitrogens with one attached hydrogen (secondary N) is 2. The molecule has 0 unspecified atom stereocenters. The number of carboxylic acid groups (broad SMARTS) is 1. The molecule has 1 aliphatic carbocycles. The topological polar surface area (TPSA) is 105 Å². The van der Waals surface area contributed by atoms with Crippen molar-refractivity contribution in [2.45, 2.75) is 63.6 Å². The van der Waals surface area contributed by atoms with Crippen LogP contribution in [0.5, 0.6) is 0 Å². The summed E-state index contributed by atoms with van der Waals surface area (Å²) in [5, 5.41) is 15.2. The number of carboxylic acids is 1. The molecule has 3 aliphatic rings. The van der Waals surface area contributed by atoms with Crippen molar-refractivity contribution < 1.29 is 19.5 Å². The van der Waals surface area contributed by atoms with Gasteiger partial charge in [0.2, 0.25) is 5.91 Å². The molecule has 0 aromatic heterocycles. The molecule has 9 nitrogen and oxygen atoms in total. The van der Waals surface area contributed by atoms with Crippen LogP contribution in [0.25, 0.3) is 0 Å². The Hall–Kier alpha value is -1.13. The third-order valence-electron chi connectivity index (χ3n) is 6.56. The van der Waals surface area contributed by atoms with Gasteiger partial charge in [-0.3, -0.25) is 19.4 Å². The maximum Gasteiger partial charge on any atom is 0.327 e. The third kappa shape index (κ3) is 7.75. The molecule has 3 N–H and O–H groups in total. The maximum atomic E-state index is 13.1. The second-order valence-corrected chi connectivity index (χ2v) is 8.46. The highest BCUT2D eigenvalue weighted by atomic mass is 35.5. The predicted molar refractivity (Wildman–Crippen MR) is 123 cm³/mol. The number of carbonyl (C=O) groups excluding carboxylic acids is 2. The first-order valence-electron chi connectivity index (χ1n) is 10.9. The van der Waals surface area contributed by atoms with E-state index >= 15 is 0 Å². The average Bonchev–Trinajstić information content (AvgIpc) is 2.73. The van der Waals surface area contributed by atoms with E-state index in [1.165, 1.54) is 11.8 Å². The van der Waals surface area contributed by atoms with Gasteiger partial charge in [-0.15, -0.1) is 24.8 Å². The zero-order valence-electron chi connectivity index (χ0n) is 18.3. The van der Waals surface area contributed by atoms with Crippen LogP contribution in [0.2, 0.25) is 0 Å². The van der Waals surface area contributed by atoms with Gasteiger partial charge in [0, 0.05) is 51.2 Å². The van der Waals surface area contributed by atoms with E-state index in [2.05, 4.69) is 15.5 Å². The molecule has 0 aromatic carbocycles. The zero-order chi connectivity index (χ0) is 20.8. The average molecular weight is 482 g/mol. The van der Waals surface area contributed by atoms with Crippen molar-refractivity contribution in [1.29, 1.82) is 0 Å². The van der Waals surface area contributed by atoms with Gasteiger partial charge in [0.25, 0.3) is 0 Å². The summed E-state index contributed by atoms with van der Waals surface area (Å²) in [4.78, 5) is 41.9. The van der Waals surface area contributed by atoms with Crippen molar-refractivity contribution in [3.8, 4) is 0 Å². The molecule has 0 bridgehead atoms. The van der Waals surface area contributed by atoms with Crippen molar-refractivity contribution in [3.63, 3.8) is 0 Å². The number of aliphatic carboxylic acids is 1. The van der Waals surface area contributed by atoms with Crippen LogP contribution in [0.4, 0.5) is 4.79 Å². The first-order valence-corrected chi connectivity index (χ1v) is 10.9. The molecule has 3 rings (SSSR count). The molecule has 180 valence electrons.